The SMILES string of the molecule is [2H]C([2H])(N[C@@H]1CCNC1)C(=O)N1C([2H])([2H])CC[C@@]1([2H])B1OC(=O)C(CC(=O)O)(CC(=O)O)O1. The Morgan fingerprint density at radius 1 is 1.39 bits per heavy atom. The van der Waals surface area contributed by atoms with E-state index in [0.717, 1.165) is 0 Å². The van der Waals surface area contributed by atoms with Crippen LogP contribution >= 0.6 is 0 Å². The lowest BCUT2D eigenvalue weighted by Gasteiger charge is -2.27. The summed E-state index contributed by atoms with van der Waals surface area (Å²) in [5, 5.41) is 23.8. The Balaban J connectivity index is 1.92. The van der Waals surface area contributed by atoms with E-state index < -0.39 is 87.2 Å². The van der Waals surface area contributed by atoms with Crippen LogP contribution in [0.25, 0.3) is 0 Å². The number of rotatable bonds is 8. The molecule has 0 aromatic carbocycles. The van der Waals surface area contributed by atoms with E-state index in [1.54, 1.807) is 0 Å². The summed E-state index contributed by atoms with van der Waals surface area (Å²) in [6, 6.07) is -0.420. The number of carbonyl (C=O) groups is 4. The summed E-state index contributed by atoms with van der Waals surface area (Å²) < 4.78 is 51.9. The zero-order chi connectivity index (χ0) is 24.8. The van der Waals surface area contributed by atoms with Gasteiger partial charge >= 0.3 is 25.0 Å². The number of hydrogen-bond acceptors (Lipinski definition) is 8. The lowest BCUT2D eigenvalue weighted by Crippen LogP contribution is -2.51. The second-order valence-corrected chi connectivity index (χ2v) is 6.74. The summed E-state index contributed by atoms with van der Waals surface area (Å²) in [6.45, 7) is -4.34. The van der Waals surface area contributed by atoms with Crippen molar-refractivity contribution in [2.75, 3.05) is 26.1 Å². The third kappa shape index (κ3) is 4.45. The van der Waals surface area contributed by atoms with Gasteiger partial charge in [-0.15, -0.1) is 0 Å². The third-order valence-electron chi connectivity index (χ3n) is 4.65. The minimum Gasteiger partial charge on any atom is -0.506 e. The average molecular weight is 402 g/mol. The fourth-order valence-corrected chi connectivity index (χ4v) is 3.33. The summed E-state index contributed by atoms with van der Waals surface area (Å²) in [4.78, 5) is 48.5. The lowest BCUT2D eigenvalue weighted by atomic mass is 9.76. The molecule has 154 valence electrons. The van der Waals surface area contributed by atoms with Crippen molar-refractivity contribution in [1.29, 1.82) is 0 Å². The van der Waals surface area contributed by atoms with Gasteiger partial charge in [-0.05, 0) is 25.8 Å². The number of aliphatic carboxylic acids is 2. The molecule has 0 aromatic rings. The van der Waals surface area contributed by atoms with Crippen LogP contribution in [0.3, 0.4) is 0 Å². The van der Waals surface area contributed by atoms with E-state index in [1.807, 2.05) is 0 Å². The Hall–Kier alpha value is -2.18. The highest BCUT2D eigenvalue weighted by Crippen LogP contribution is 2.34. The molecule has 3 saturated heterocycles. The first-order valence-electron chi connectivity index (χ1n) is 11.3. The van der Waals surface area contributed by atoms with E-state index in [-0.39, 0.29) is 0 Å². The maximum absolute atomic E-state index is 13.2. The van der Waals surface area contributed by atoms with E-state index in [9.17, 15) is 19.2 Å². The molecule has 3 fully saturated rings. The Labute approximate surface area is 168 Å². The highest BCUT2D eigenvalue weighted by Gasteiger charge is 2.59. The predicted octanol–water partition coefficient (Wildman–Crippen LogP) is -1.78. The summed E-state index contributed by atoms with van der Waals surface area (Å²) >= 11 is 0. The topological polar surface area (TPSA) is 154 Å². The van der Waals surface area contributed by atoms with Gasteiger partial charge in [0, 0.05) is 21.8 Å². The van der Waals surface area contributed by atoms with Gasteiger partial charge in [-0.2, -0.15) is 0 Å². The van der Waals surface area contributed by atoms with Crippen LogP contribution in [0.15, 0.2) is 0 Å². The fraction of sp³-hybridized carbons (Fsp3) is 0.750. The first-order valence-corrected chi connectivity index (χ1v) is 8.79. The summed E-state index contributed by atoms with van der Waals surface area (Å²) in [7, 11) is -2.03. The molecule has 12 heteroatoms. The fourth-order valence-electron chi connectivity index (χ4n) is 3.33. The predicted molar refractivity (Wildman–Crippen MR) is 94.2 cm³/mol. The van der Waals surface area contributed by atoms with Gasteiger partial charge in [0.1, 0.15) is 0 Å². The van der Waals surface area contributed by atoms with E-state index in [1.165, 1.54) is 0 Å². The van der Waals surface area contributed by atoms with E-state index in [2.05, 4.69) is 10.6 Å². The Kier molecular flexibility index (Phi) is 4.46. The minimum absolute atomic E-state index is 0.297. The van der Waals surface area contributed by atoms with Gasteiger partial charge in [0.25, 0.3) is 0 Å². The van der Waals surface area contributed by atoms with Crippen LogP contribution < -0.4 is 10.6 Å². The van der Waals surface area contributed by atoms with Crippen molar-refractivity contribution < 1.29 is 45.6 Å². The molecule has 0 saturated carbocycles. The summed E-state index contributed by atoms with van der Waals surface area (Å²) in [5.41, 5.74) is -2.48. The molecule has 3 aliphatic rings. The first kappa shape index (κ1) is 14.8. The Bertz CT molecular complexity index is 842. The molecule has 4 N–H and O–H groups in total. The number of carboxylic acids is 2. The molecule has 3 heterocycles. The highest BCUT2D eigenvalue weighted by atomic mass is 16.7. The third-order valence-corrected chi connectivity index (χ3v) is 4.65. The minimum atomic E-state index is -2.79. The smallest absolute Gasteiger partial charge is 0.506 e. The lowest BCUT2D eigenvalue weighted by molar-refractivity contribution is -0.157. The quantitative estimate of drug-likeness (QED) is 0.343. The van der Waals surface area contributed by atoms with Crippen LogP contribution in [0.4, 0.5) is 0 Å². The molecule has 3 rings (SSSR count). The van der Waals surface area contributed by atoms with Gasteiger partial charge in [0.2, 0.25) is 5.91 Å². The van der Waals surface area contributed by atoms with Crippen LogP contribution in [-0.4, -0.2) is 89.7 Å². The van der Waals surface area contributed by atoms with Gasteiger partial charge in [0.05, 0.1) is 29.4 Å². The van der Waals surface area contributed by atoms with Gasteiger partial charge in [-0.1, -0.05) is 0 Å². The number of carboxylic acid groups (broad SMARTS) is 2. The zero-order valence-electron chi connectivity index (χ0n) is 19.9. The second-order valence-electron chi connectivity index (χ2n) is 6.74. The van der Waals surface area contributed by atoms with E-state index in [0.29, 0.717) is 24.4 Å². The highest BCUT2D eigenvalue weighted by molar-refractivity contribution is 6.51. The summed E-state index contributed by atoms with van der Waals surface area (Å²) in [6.07, 6.45) is -2.54. The molecular weight excluding hydrogens is 373 g/mol. The van der Waals surface area contributed by atoms with Crippen LogP contribution in [-0.2, 0) is 28.5 Å². The molecule has 3 aliphatic heterocycles. The molecule has 0 radical (unpaired) electrons. The molecule has 1 amide bonds. The van der Waals surface area contributed by atoms with Gasteiger partial charge in [0.15, 0.2) is 5.60 Å². The molecule has 0 spiro atoms. The largest absolute Gasteiger partial charge is 0.552 e. The van der Waals surface area contributed by atoms with E-state index in [4.69, 9.17) is 26.4 Å². The van der Waals surface area contributed by atoms with Crippen molar-refractivity contribution in [2.45, 2.75) is 49.7 Å². The van der Waals surface area contributed by atoms with Gasteiger partial charge < -0.3 is 35.1 Å². The molecule has 0 bridgehead atoms. The normalized spacial score (nSPS) is 34.1. The number of hydrogen-bond donors (Lipinski definition) is 4. The Morgan fingerprint density at radius 2 is 2.11 bits per heavy atom. The number of nitrogens with zero attached hydrogens (tertiary/aromatic N) is 1. The van der Waals surface area contributed by atoms with Crippen LogP contribution in [0.2, 0.25) is 0 Å². The average Bonchev–Trinajstić information content (AvgIpc) is 3.33. The van der Waals surface area contributed by atoms with Crippen LogP contribution in [0, 0.1) is 0 Å². The Morgan fingerprint density at radius 3 is 2.71 bits per heavy atom. The zero-order valence-corrected chi connectivity index (χ0v) is 14.9. The molecule has 0 unspecified atom stereocenters. The van der Waals surface area contributed by atoms with Crippen molar-refractivity contribution >= 4 is 30.9 Å². The van der Waals surface area contributed by atoms with Crippen molar-refractivity contribution in [3.05, 3.63) is 0 Å². The molecule has 2 atom stereocenters. The number of carbonyl (C=O) groups excluding carboxylic acids is 2. The standard InChI is InChI=1S/C16H24BN3O8/c21-12(9-19-10-3-4-18-8-10)20-5-1-2-11(20)17-27-15(26)16(28-17,6-13(22)23)7-14(24)25/h10-11,18-19H,1-9H2,(H,22,23)(H,24,25)/t10-,11+/m1/s1/i5D2,9D2,11D. The van der Waals surface area contributed by atoms with Crippen molar-refractivity contribution in [3.63, 3.8) is 0 Å². The number of likely N-dealkylation sites (tertiary alicyclic amines) is 1. The van der Waals surface area contributed by atoms with Gasteiger partial charge in [-0.3, -0.25) is 19.2 Å². The van der Waals surface area contributed by atoms with Gasteiger partial charge in [-0.25, -0.2) is 0 Å². The molecule has 0 aromatic heterocycles. The van der Waals surface area contributed by atoms with E-state index >= 15 is 0 Å². The second kappa shape index (κ2) is 8.45. The first-order chi connectivity index (χ1) is 15.1. The van der Waals surface area contributed by atoms with Crippen molar-refractivity contribution in [2.24, 2.45) is 0 Å². The molecule has 0 aliphatic carbocycles. The van der Waals surface area contributed by atoms with Crippen molar-refractivity contribution in [3.8, 4) is 0 Å². The van der Waals surface area contributed by atoms with Crippen LogP contribution in [0.5, 0.6) is 0 Å². The summed E-state index contributed by atoms with van der Waals surface area (Å²) in [5.74, 6) is -8.43. The molecule has 11 nitrogen and oxygen atoms in total. The monoisotopic (exact) mass is 402 g/mol. The molecule has 28 heavy (non-hydrogen) atoms. The number of amides is 1. The maximum atomic E-state index is 13.2. The number of nitrogens with one attached hydrogen (secondary N) is 2. The van der Waals surface area contributed by atoms with Crippen molar-refractivity contribution in [1.82, 2.24) is 15.5 Å². The maximum Gasteiger partial charge on any atom is 0.552 e. The van der Waals surface area contributed by atoms with Crippen LogP contribution in [0.1, 0.15) is 39.0 Å². The molecular formula is C16H24BN3O8.